The Kier molecular flexibility index (Phi) is 7.10. The molecular formula is C25H28N2OS. The highest BCUT2D eigenvalue weighted by molar-refractivity contribution is 7.98. The zero-order valence-corrected chi connectivity index (χ0v) is 18.3. The molecular weight excluding hydrogens is 376 g/mol. The van der Waals surface area contributed by atoms with Crippen LogP contribution in [0.2, 0.25) is 0 Å². The number of thioether (sulfide) groups is 1. The molecule has 0 saturated carbocycles. The second kappa shape index (κ2) is 9.75. The lowest BCUT2D eigenvalue weighted by Crippen LogP contribution is -2.15. The Hall–Kier alpha value is -2.59. The quantitative estimate of drug-likeness (QED) is 0.437. The molecule has 4 heteroatoms. The van der Waals surface area contributed by atoms with Crippen LogP contribution >= 0.6 is 11.8 Å². The first-order chi connectivity index (χ1) is 14.0. The summed E-state index contributed by atoms with van der Waals surface area (Å²) in [7, 11) is 0. The molecule has 1 aromatic heterocycles. The van der Waals surface area contributed by atoms with Gasteiger partial charge in [-0.3, -0.25) is 9.78 Å². The van der Waals surface area contributed by atoms with Crippen molar-refractivity contribution in [2.75, 3.05) is 5.32 Å². The molecule has 2 aromatic carbocycles. The van der Waals surface area contributed by atoms with Crippen LogP contribution in [-0.4, -0.2) is 10.9 Å². The lowest BCUT2D eigenvalue weighted by atomic mass is 9.92. The number of benzene rings is 2. The van der Waals surface area contributed by atoms with Crippen LogP contribution < -0.4 is 5.32 Å². The summed E-state index contributed by atoms with van der Waals surface area (Å²) in [5.41, 5.74) is 5.16. The topological polar surface area (TPSA) is 42.0 Å². The first kappa shape index (κ1) is 21.1. The van der Waals surface area contributed by atoms with Gasteiger partial charge in [-0.2, -0.15) is 0 Å². The molecule has 3 rings (SSSR count). The molecule has 3 nitrogen and oxygen atoms in total. The fraction of sp³-hybridized carbons (Fsp3) is 0.280. The highest BCUT2D eigenvalue weighted by Crippen LogP contribution is 2.33. The minimum absolute atomic E-state index is 0.0659. The number of carbonyl (C=O) groups excluding carboxylic acids is 1. The summed E-state index contributed by atoms with van der Waals surface area (Å²) in [6.07, 6.45) is 3.66. The summed E-state index contributed by atoms with van der Waals surface area (Å²) in [6.45, 7) is 8.62. The summed E-state index contributed by atoms with van der Waals surface area (Å²) in [6, 6.07) is 18.1. The van der Waals surface area contributed by atoms with Crippen molar-refractivity contribution < 1.29 is 4.79 Å². The number of pyridine rings is 1. The van der Waals surface area contributed by atoms with Gasteiger partial charge in [0.1, 0.15) is 0 Å². The number of hydrogen-bond acceptors (Lipinski definition) is 3. The molecule has 0 atom stereocenters. The Bertz CT molecular complexity index is 924. The molecule has 0 bridgehead atoms. The SMILES string of the molecule is CC(C)c1cccc(C(C)C)c1NC(=O)c1ccc(SCc2cccnc2)cc1. The summed E-state index contributed by atoms with van der Waals surface area (Å²) < 4.78 is 0. The average Bonchev–Trinajstić information content (AvgIpc) is 2.73. The molecule has 1 amide bonds. The predicted molar refractivity (Wildman–Crippen MR) is 123 cm³/mol. The molecule has 150 valence electrons. The van der Waals surface area contributed by atoms with Gasteiger partial charge in [0.2, 0.25) is 0 Å². The van der Waals surface area contributed by atoms with Gasteiger partial charge in [-0.25, -0.2) is 0 Å². The molecule has 0 aliphatic rings. The molecule has 0 aliphatic carbocycles. The minimum atomic E-state index is -0.0659. The molecule has 0 saturated heterocycles. The number of anilines is 1. The Morgan fingerprint density at radius 2 is 1.59 bits per heavy atom. The van der Waals surface area contributed by atoms with E-state index in [-0.39, 0.29) is 5.91 Å². The smallest absolute Gasteiger partial charge is 0.255 e. The number of para-hydroxylation sites is 1. The lowest BCUT2D eigenvalue weighted by Gasteiger charge is -2.20. The first-order valence-corrected chi connectivity index (χ1v) is 11.0. The maximum absolute atomic E-state index is 12.9. The highest BCUT2D eigenvalue weighted by Gasteiger charge is 2.16. The molecule has 0 unspecified atom stereocenters. The number of amides is 1. The largest absolute Gasteiger partial charge is 0.321 e. The number of aromatic nitrogens is 1. The fourth-order valence-corrected chi connectivity index (χ4v) is 4.07. The molecule has 1 heterocycles. The second-order valence-corrected chi connectivity index (χ2v) is 8.80. The number of nitrogens with one attached hydrogen (secondary N) is 1. The third kappa shape index (κ3) is 5.48. The monoisotopic (exact) mass is 404 g/mol. The zero-order valence-electron chi connectivity index (χ0n) is 17.5. The molecule has 29 heavy (non-hydrogen) atoms. The summed E-state index contributed by atoms with van der Waals surface area (Å²) >= 11 is 1.74. The van der Waals surface area contributed by atoms with Gasteiger partial charge < -0.3 is 5.32 Å². The van der Waals surface area contributed by atoms with Crippen molar-refractivity contribution in [3.05, 3.63) is 89.2 Å². The van der Waals surface area contributed by atoms with E-state index in [1.807, 2.05) is 36.5 Å². The van der Waals surface area contributed by atoms with Crippen molar-refractivity contribution in [2.24, 2.45) is 0 Å². The lowest BCUT2D eigenvalue weighted by molar-refractivity contribution is 0.102. The van der Waals surface area contributed by atoms with Gasteiger partial charge in [-0.1, -0.05) is 52.0 Å². The molecule has 3 aromatic rings. The van der Waals surface area contributed by atoms with Crippen LogP contribution in [0, 0.1) is 0 Å². The second-order valence-electron chi connectivity index (χ2n) is 7.75. The Labute approximate surface area is 178 Å². The van der Waals surface area contributed by atoms with E-state index < -0.39 is 0 Å². The Balaban J connectivity index is 1.73. The van der Waals surface area contributed by atoms with Gasteiger partial charge in [0.05, 0.1) is 0 Å². The maximum Gasteiger partial charge on any atom is 0.255 e. The third-order valence-corrected chi connectivity index (χ3v) is 5.94. The van der Waals surface area contributed by atoms with Gasteiger partial charge in [0.25, 0.3) is 5.91 Å². The van der Waals surface area contributed by atoms with Gasteiger partial charge in [-0.05, 0) is 58.9 Å². The highest BCUT2D eigenvalue weighted by atomic mass is 32.2. The standard InChI is InChI=1S/C25H28N2OS/c1-17(2)22-8-5-9-23(18(3)4)24(22)27-25(28)20-10-12-21(13-11-20)29-16-19-7-6-14-26-15-19/h5-15,17-18H,16H2,1-4H3,(H,27,28). The fourth-order valence-electron chi connectivity index (χ4n) is 3.23. The summed E-state index contributed by atoms with van der Waals surface area (Å²) in [4.78, 5) is 18.2. The van der Waals surface area contributed by atoms with Crippen molar-refractivity contribution in [3.8, 4) is 0 Å². The molecule has 1 N–H and O–H groups in total. The van der Waals surface area contributed by atoms with E-state index in [1.54, 1.807) is 18.0 Å². The van der Waals surface area contributed by atoms with Crippen LogP contribution in [-0.2, 0) is 5.75 Å². The van der Waals surface area contributed by atoms with Crippen LogP contribution in [0.5, 0.6) is 0 Å². The van der Waals surface area contributed by atoms with E-state index >= 15 is 0 Å². The van der Waals surface area contributed by atoms with Crippen LogP contribution in [0.15, 0.2) is 71.9 Å². The van der Waals surface area contributed by atoms with Crippen molar-refractivity contribution >= 4 is 23.4 Å². The summed E-state index contributed by atoms with van der Waals surface area (Å²) in [5.74, 6) is 1.48. The minimum Gasteiger partial charge on any atom is -0.321 e. The number of carbonyl (C=O) groups is 1. The van der Waals surface area contributed by atoms with Crippen LogP contribution in [0.4, 0.5) is 5.69 Å². The van der Waals surface area contributed by atoms with Crippen molar-refractivity contribution in [1.82, 2.24) is 4.98 Å². The molecule has 0 radical (unpaired) electrons. The Morgan fingerprint density at radius 3 is 2.14 bits per heavy atom. The van der Waals surface area contributed by atoms with Crippen molar-refractivity contribution in [1.29, 1.82) is 0 Å². The molecule has 0 fully saturated rings. The van der Waals surface area contributed by atoms with E-state index in [4.69, 9.17) is 0 Å². The van der Waals surface area contributed by atoms with Crippen LogP contribution in [0.3, 0.4) is 0 Å². The van der Waals surface area contributed by atoms with E-state index in [2.05, 4.69) is 62.3 Å². The van der Waals surface area contributed by atoms with Crippen molar-refractivity contribution in [2.45, 2.75) is 50.2 Å². The van der Waals surface area contributed by atoms with Gasteiger partial charge in [0, 0.05) is 34.3 Å². The van der Waals surface area contributed by atoms with Gasteiger partial charge in [0.15, 0.2) is 0 Å². The van der Waals surface area contributed by atoms with E-state index in [0.717, 1.165) is 16.3 Å². The average molecular weight is 405 g/mol. The zero-order chi connectivity index (χ0) is 20.8. The summed E-state index contributed by atoms with van der Waals surface area (Å²) in [5, 5.41) is 3.18. The Morgan fingerprint density at radius 1 is 0.931 bits per heavy atom. The predicted octanol–water partition coefficient (Wildman–Crippen LogP) is 6.87. The van der Waals surface area contributed by atoms with Gasteiger partial charge in [-0.15, -0.1) is 11.8 Å². The normalized spacial score (nSPS) is 11.1. The van der Waals surface area contributed by atoms with Crippen LogP contribution in [0.25, 0.3) is 0 Å². The maximum atomic E-state index is 12.9. The third-order valence-electron chi connectivity index (χ3n) is 4.86. The van der Waals surface area contributed by atoms with E-state index in [9.17, 15) is 4.79 Å². The number of nitrogens with zero attached hydrogens (tertiary/aromatic N) is 1. The van der Waals surface area contributed by atoms with E-state index in [0.29, 0.717) is 17.4 Å². The van der Waals surface area contributed by atoms with E-state index in [1.165, 1.54) is 16.7 Å². The number of rotatable bonds is 7. The first-order valence-electron chi connectivity index (χ1n) is 10.0. The van der Waals surface area contributed by atoms with Gasteiger partial charge >= 0.3 is 0 Å². The number of hydrogen-bond donors (Lipinski definition) is 1. The van der Waals surface area contributed by atoms with Crippen LogP contribution in [0.1, 0.15) is 66.6 Å². The molecule has 0 aliphatic heterocycles. The molecule has 0 spiro atoms. The van der Waals surface area contributed by atoms with Crippen molar-refractivity contribution in [3.63, 3.8) is 0 Å².